The minimum atomic E-state index is -3.89. The molecule has 2 heterocycles. The third kappa shape index (κ3) is 7.27. The molecule has 0 aliphatic carbocycles. The van der Waals surface area contributed by atoms with Gasteiger partial charge in [-0.3, -0.25) is 14.5 Å². The number of anilines is 2. The van der Waals surface area contributed by atoms with Crippen molar-refractivity contribution in [2.75, 3.05) is 50.9 Å². The van der Waals surface area contributed by atoms with Crippen molar-refractivity contribution in [2.45, 2.75) is 51.3 Å². The topological polar surface area (TPSA) is 150 Å². The molecular formula is C26H38N6O5S. The normalized spacial score (nSPS) is 14.0. The summed E-state index contributed by atoms with van der Waals surface area (Å²) in [5, 5.41) is 9.14. The third-order valence-corrected chi connectivity index (χ3v) is 8.13. The smallest absolute Gasteiger partial charge is 0.307 e. The van der Waals surface area contributed by atoms with Crippen LogP contribution in [0.3, 0.4) is 0 Å². The molecule has 1 aromatic heterocycles. The fraction of sp³-hybridized carbons (Fsp3) is 0.538. The zero-order chi connectivity index (χ0) is 28.3. The molecule has 1 aliphatic heterocycles. The van der Waals surface area contributed by atoms with Gasteiger partial charge in [-0.25, -0.2) is 18.4 Å². The molecule has 2 aromatic rings. The highest BCUT2D eigenvalue weighted by Gasteiger charge is 2.33. The standard InChI is InChI=1S/C26H38N6O5S/c1-18-28-24(27)21-15-22(33)32(25(21)29-18)12-7-6-11-31(17-26(2,3)16-30(4)5)38(36,37)20-10-8-9-19(13-20)14-23(34)35/h8-10,13H,6-7,11-12,14-17H2,1-5H3,(H,34,35)(H2,27,28,29). The predicted molar refractivity (Wildman–Crippen MR) is 145 cm³/mol. The molecular weight excluding hydrogens is 508 g/mol. The second kappa shape index (κ2) is 11.7. The Balaban J connectivity index is 1.77. The Morgan fingerprint density at radius 3 is 2.55 bits per heavy atom. The summed E-state index contributed by atoms with van der Waals surface area (Å²) in [4.78, 5) is 36.0. The lowest BCUT2D eigenvalue weighted by atomic mass is 9.93. The predicted octanol–water partition coefficient (Wildman–Crippen LogP) is 1.94. The zero-order valence-electron chi connectivity index (χ0n) is 22.8. The van der Waals surface area contributed by atoms with Gasteiger partial charge in [0, 0.05) is 31.7 Å². The molecule has 208 valence electrons. The van der Waals surface area contributed by atoms with Crippen LogP contribution in [0.4, 0.5) is 11.6 Å². The number of carbonyl (C=O) groups excluding carboxylic acids is 1. The number of aliphatic carboxylic acids is 1. The number of aryl methyl sites for hydroxylation is 1. The first-order valence-electron chi connectivity index (χ1n) is 12.6. The van der Waals surface area contributed by atoms with E-state index >= 15 is 0 Å². The van der Waals surface area contributed by atoms with Gasteiger partial charge in [-0.1, -0.05) is 26.0 Å². The molecule has 0 atom stereocenters. The minimum Gasteiger partial charge on any atom is -0.481 e. The third-order valence-electron chi connectivity index (χ3n) is 6.29. The van der Waals surface area contributed by atoms with E-state index in [4.69, 9.17) is 10.8 Å². The van der Waals surface area contributed by atoms with Gasteiger partial charge in [0.25, 0.3) is 0 Å². The highest BCUT2D eigenvalue weighted by molar-refractivity contribution is 7.89. The number of amides is 1. The van der Waals surface area contributed by atoms with E-state index in [1.165, 1.54) is 16.4 Å². The second-order valence-corrected chi connectivity index (χ2v) is 12.8. The van der Waals surface area contributed by atoms with Crippen LogP contribution in [0.5, 0.6) is 0 Å². The van der Waals surface area contributed by atoms with Gasteiger partial charge in [-0.2, -0.15) is 4.31 Å². The van der Waals surface area contributed by atoms with Gasteiger partial charge >= 0.3 is 5.97 Å². The number of nitrogens with two attached hydrogens (primary N) is 1. The van der Waals surface area contributed by atoms with E-state index < -0.39 is 16.0 Å². The zero-order valence-corrected chi connectivity index (χ0v) is 23.6. The van der Waals surface area contributed by atoms with Gasteiger partial charge in [0.15, 0.2) is 0 Å². The average Bonchev–Trinajstić information content (AvgIpc) is 3.10. The number of hydrogen-bond donors (Lipinski definition) is 2. The summed E-state index contributed by atoms with van der Waals surface area (Å²) in [7, 11) is -0.00762. The lowest BCUT2D eigenvalue weighted by molar-refractivity contribution is -0.136. The number of rotatable bonds is 13. The molecule has 1 amide bonds. The summed E-state index contributed by atoms with van der Waals surface area (Å²) in [6.45, 7) is 7.36. The molecule has 0 unspecified atom stereocenters. The monoisotopic (exact) mass is 546 g/mol. The van der Waals surface area contributed by atoms with Crippen LogP contribution in [0.1, 0.15) is 43.6 Å². The second-order valence-electron chi connectivity index (χ2n) is 10.8. The molecule has 0 bridgehead atoms. The van der Waals surface area contributed by atoms with Crippen molar-refractivity contribution in [1.82, 2.24) is 19.2 Å². The van der Waals surface area contributed by atoms with Crippen LogP contribution in [-0.2, 0) is 32.5 Å². The van der Waals surface area contributed by atoms with Crippen molar-refractivity contribution in [3.8, 4) is 0 Å². The van der Waals surface area contributed by atoms with Gasteiger partial charge in [-0.15, -0.1) is 0 Å². The number of sulfonamides is 1. The van der Waals surface area contributed by atoms with Crippen molar-refractivity contribution < 1.29 is 23.1 Å². The molecule has 3 N–H and O–H groups in total. The summed E-state index contributed by atoms with van der Waals surface area (Å²) in [6, 6.07) is 6.11. The maximum absolute atomic E-state index is 13.7. The summed E-state index contributed by atoms with van der Waals surface area (Å²) >= 11 is 0. The summed E-state index contributed by atoms with van der Waals surface area (Å²) in [6.07, 6.45) is 0.986. The molecule has 1 aromatic carbocycles. The molecule has 0 saturated heterocycles. The van der Waals surface area contributed by atoms with Gasteiger partial charge in [0.05, 0.1) is 17.7 Å². The molecule has 1 aliphatic rings. The number of nitrogens with zero attached hydrogens (tertiary/aromatic N) is 5. The number of carboxylic acid groups (broad SMARTS) is 1. The van der Waals surface area contributed by atoms with Crippen LogP contribution in [-0.4, -0.2) is 84.8 Å². The Bertz CT molecular complexity index is 1300. The SMILES string of the molecule is Cc1nc(N)c2c(n1)N(CCCCN(CC(C)(C)CN(C)C)S(=O)(=O)c1cccc(CC(=O)O)c1)C(=O)C2. The molecule has 0 fully saturated rings. The first-order valence-corrected chi connectivity index (χ1v) is 14.0. The quantitative estimate of drug-likeness (QED) is 0.359. The molecule has 12 heteroatoms. The van der Waals surface area contributed by atoms with E-state index in [9.17, 15) is 18.0 Å². The first kappa shape index (κ1) is 29.5. The highest BCUT2D eigenvalue weighted by atomic mass is 32.2. The summed E-state index contributed by atoms with van der Waals surface area (Å²) < 4.78 is 29.0. The number of fused-ring (bicyclic) bond motifs is 1. The van der Waals surface area contributed by atoms with E-state index in [0.29, 0.717) is 54.5 Å². The summed E-state index contributed by atoms with van der Waals surface area (Å²) in [5.74, 6) is 0.217. The Kier molecular flexibility index (Phi) is 9.11. The van der Waals surface area contributed by atoms with E-state index in [2.05, 4.69) is 9.97 Å². The first-order chi connectivity index (χ1) is 17.7. The summed E-state index contributed by atoms with van der Waals surface area (Å²) in [5.41, 5.74) is 6.70. The van der Waals surface area contributed by atoms with Crippen LogP contribution in [0.25, 0.3) is 0 Å². The largest absolute Gasteiger partial charge is 0.481 e. The number of hydrogen-bond acceptors (Lipinski definition) is 8. The molecule has 0 radical (unpaired) electrons. The van der Waals surface area contributed by atoms with Gasteiger partial charge in [0.2, 0.25) is 15.9 Å². The number of aromatic nitrogens is 2. The molecule has 38 heavy (non-hydrogen) atoms. The van der Waals surface area contributed by atoms with E-state index in [1.54, 1.807) is 24.0 Å². The minimum absolute atomic E-state index is 0.0724. The molecule has 0 saturated carbocycles. The van der Waals surface area contributed by atoms with Gasteiger partial charge in [0.1, 0.15) is 17.5 Å². The molecule has 0 spiro atoms. The van der Waals surface area contributed by atoms with Crippen molar-refractivity contribution >= 4 is 33.5 Å². The maximum Gasteiger partial charge on any atom is 0.307 e. The van der Waals surface area contributed by atoms with Gasteiger partial charge < -0.3 is 15.7 Å². The highest BCUT2D eigenvalue weighted by Crippen LogP contribution is 2.31. The lowest BCUT2D eigenvalue weighted by Crippen LogP contribution is -2.43. The maximum atomic E-state index is 13.7. The number of carbonyl (C=O) groups is 2. The van der Waals surface area contributed by atoms with Crippen LogP contribution < -0.4 is 10.6 Å². The Hall–Kier alpha value is -3.09. The number of carboxylic acids is 1. The molecule has 3 rings (SSSR count). The fourth-order valence-corrected chi connectivity index (χ4v) is 6.69. The Morgan fingerprint density at radius 1 is 1.18 bits per heavy atom. The molecule has 11 nitrogen and oxygen atoms in total. The number of benzene rings is 1. The van der Waals surface area contributed by atoms with Crippen LogP contribution >= 0.6 is 0 Å². The number of nitrogen functional groups attached to an aromatic ring is 1. The van der Waals surface area contributed by atoms with Gasteiger partial charge in [-0.05, 0) is 57.0 Å². The van der Waals surface area contributed by atoms with Crippen molar-refractivity contribution in [1.29, 1.82) is 0 Å². The van der Waals surface area contributed by atoms with E-state index in [0.717, 1.165) is 0 Å². The number of unbranched alkanes of at least 4 members (excludes halogenated alkanes) is 1. The van der Waals surface area contributed by atoms with E-state index in [-0.39, 0.29) is 42.1 Å². The Labute approximate surface area is 224 Å². The fourth-order valence-electron chi connectivity index (χ4n) is 4.96. The van der Waals surface area contributed by atoms with Crippen LogP contribution in [0.2, 0.25) is 0 Å². The van der Waals surface area contributed by atoms with E-state index in [1.807, 2.05) is 32.8 Å². The van der Waals surface area contributed by atoms with Crippen molar-refractivity contribution in [3.05, 3.63) is 41.2 Å². The average molecular weight is 547 g/mol. The van der Waals surface area contributed by atoms with Crippen LogP contribution in [0, 0.1) is 12.3 Å². The van der Waals surface area contributed by atoms with Crippen molar-refractivity contribution in [2.24, 2.45) is 5.41 Å². The van der Waals surface area contributed by atoms with Crippen LogP contribution in [0.15, 0.2) is 29.2 Å². The lowest BCUT2D eigenvalue weighted by Gasteiger charge is -2.34. The Morgan fingerprint density at radius 2 is 1.89 bits per heavy atom. The van der Waals surface area contributed by atoms with Crippen molar-refractivity contribution in [3.63, 3.8) is 0 Å².